The van der Waals surface area contributed by atoms with Crippen molar-refractivity contribution < 1.29 is 0 Å². The smallest absolute Gasteiger partial charge is 0.0133 e. The molecule has 1 nitrogen and oxygen atoms in total. The molecular formula is C15H21N. The fourth-order valence-electron chi connectivity index (χ4n) is 2.41. The van der Waals surface area contributed by atoms with Gasteiger partial charge in [0.2, 0.25) is 0 Å². The molecule has 0 saturated heterocycles. The summed E-state index contributed by atoms with van der Waals surface area (Å²) in [7, 11) is 4.37. The van der Waals surface area contributed by atoms with Crippen molar-refractivity contribution in [1.82, 2.24) is 4.90 Å². The van der Waals surface area contributed by atoms with Crippen molar-refractivity contribution in [2.75, 3.05) is 14.1 Å². The van der Waals surface area contributed by atoms with Crippen molar-refractivity contribution in [3.8, 4) is 0 Å². The van der Waals surface area contributed by atoms with Crippen LogP contribution in [0.3, 0.4) is 0 Å². The number of rotatable bonds is 2. The molecular weight excluding hydrogens is 194 g/mol. The van der Waals surface area contributed by atoms with E-state index in [0.717, 1.165) is 0 Å². The number of aryl methyl sites for hydroxylation is 1. The van der Waals surface area contributed by atoms with Gasteiger partial charge >= 0.3 is 0 Å². The highest BCUT2D eigenvalue weighted by atomic mass is 15.1. The molecule has 16 heavy (non-hydrogen) atoms. The fourth-order valence-corrected chi connectivity index (χ4v) is 2.41. The molecule has 1 aliphatic carbocycles. The van der Waals surface area contributed by atoms with Crippen molar-refractivity contribution in [3.63, 3.8) is 0 Å². The van der Waals surface area contributed by atoms with Crippen molar-refractivity contribution in [1.29, 1.82) is 0 Å². The van der Waals surface area contributed by atoms with E-state index in [1.807, 2.05) is 0 Å². The SMILES string of the molecule is Cc1cccc(C2=CCCC(N(C)C)C2)c1. The van der Waals surface area contributed by atoms with Crippen molar-refractivity contribution in [2.45, 2.75) is 32.2 Å². The zero-order valence-electron chi connectivity index (χ0n) is 10.5. The topological polar surface area (TPSA) is 3.24 Å². The Balaban J connectivity index is 2.19. The molecule has 0 spiro atoms. The Morgan fingerprint density at radius 2 is 2.06 bits per heavy atom. The van der Waals surface area contributed by atoms with Crippen LogP contribution in [-0.4, -0.2) is 25.0 Å². The third kappa shape index (κ3) is 2.53. The summed E-state index contributed by atoms with van der Waals surface area (Å²) >= 11 is 0. The van der Waals surface area contributed by atoms with Crippen LogP contribution in [0.1, 0.15) is 30.4 Å². The minimum absolute atomic E-state index is 0.709. The molecule has 0 saturated carbocycles. The van der Waals surface area contributed by atoms with Gasteiger partial charge in [0.05, 0.1) is 0 Å². The minimum atomic E-state index is 0.709. The maximum atomic E-state index is 2.41. The molecule has 1 unspecified atom stereocenters. The summed E-state index contributed by atoms with van der Waals surface area (Å²) < 4.78 is 0. The first-order chi connectivity index (χ1) is 7.66. The fraction of sp³-hybridized carbons (Fsp3) is 0.467. The van der Waals surface area contributed by atoms with Crippen molar-refractivity contribution in [2.24, 2.45) is 0 Å². The zero-order valence-corrected chi connectivity index (χ0v) is 10.5. The lowest BCUT2D eigenvalue weighted by Crippen LogP contribution is -2.29. The Kier molecular flexibility index (Phi) is 3.45. The first kappa shape index (κ1) is 11.4. The molecule has 0 fully saturated rings. The van der Waals surface area contributed by atoms with Gasteiger partial charge in [0.25, 0.3) is 0 Å². The molecule has 1 heteroatoms. The average molecular weight is 215 g/mol. The van der Waals surface area contributed by atoms with Gasteiger partial charge in [0.1, 0.15) is 0 Å². The summed E-state index contributed by atoms with van der Waals surface area (Å²) in [6, 6.07) is 9.56. The second-order valence-corrected chi connectivity index (χ2v) is 5.00. The monoisotopic (exact) mass is 215 g/mol. The number of nitrogens with zero attached hydrogens (tertiary/aromatic N) is 1. The molecule has 0 bridgehead atoms. The van der Waals surface area contributed by atoms with E-state index in [1.165, 1.54) is 36.0 Å². The molecule has 0 radical (unpaired) electrons. The first-order valence-electron chi connectivity index (χ1n) is 6.09. The van der Waals surface area contributed by atoms with Crippen LogP contribution in [0.5, 0.6) is 0 Å². The van der Waals surface area contributed by atoms with Crippen LogP contribution in [0.2, 0.25) is 0 Å². The molecule has 0 heterocycles. The molecule has 1 atom stereocenters. The standard InChI is InChI=1S/C15H21N/c1-12-6-4-7-13(10-12)14-8-5-9-15(11-14)16(2)3/h4,6-8,10,15H,5,9,11H2,1-3H3. The summed E-state index contributed by atoms with van der Waals surface area (Å²) in [5.74, 6) is 0. The lowest BCUT2D eigenvalue weighted by Gasteiger charge is -2.28. The normalized spacial score (nSPS) is 21.0. The van der Waals surface area contributed by atoms with Crippen LogP contribution in [0.4, 0.5) is 0 Å². The van der Waals surface area contributed by atoms with E-state index in [4.69, 9.17) is 0 Å². The Bertz CT molecular complexity index is 390. The van der Waals surface area contributed by atoms with Crippen LogP contribution in [0, 0.1) is 6.92 Å². The van der Waals surface area contributed by atoms with Gasteiger partial charge in [-0.3, -0.25) is 0 Å². The molecule has 2 rings (SSSR count). The quantitative estimate of drug-likeness (QED) is 0.730. The van der Waals surface area contributed by atoms with Crippen LogP contribution >= 0.6 is 0 Å². The third-order valence-corrected chi connectivity index (χ3v) is 3.47. The van der Waals surface area contributed by atoms with Gasteiger partial charge in [-0.1, -0.05) is 35.9 Å². The summed E-state index contributed by atoms with van der Waals surface area (Å²) in [4.78, 5) is 2.35. The highest BCUT2D eigenvalue weighted by molar-refractivity contribution is 5.67. The molecule has 0 aromatic heterocycles. The lowest BCUT2D eigenvalue weighted by atomic mass is 9.89. The molecule has 1 aromatic carbocycles. The average Bonchev–Trinajstić information content (AvgIpc) is 2.29. The van der Waals surface area contributed by atoms with Gasteiger partial charge < -0.3 is 4.90 Å². The Labute approximate surface area is 98.8 Å². The molecule has 0 aliphatic heterocycles. The maximum absolute atomic E-state index is 2.41. The van der Waals surface area contributed by atoms with Crippen LogP contribution < -0.4 is 0 Å². The van der Waals surface area contributed by atoms with Crippen LogP contribution in [-0.2, 0) is 0 Å². The van der Waals surface area contributed by atoms with Gasteiger partial charge in [-0.05, 0) is 51.4 Å². The van der Waals surface area contributed by atoms with E-state index in [1.54, 1.807) is 0 Å². The van der Waals surface area contributed by atoms with E-state index >= 15 is 0 Å². The third-order valence-electron chi connectivity index (χ3n) is 3.47. The largest absolute Gasteiger partial charge is 0.306 e. The maximum Gasteiger partial charge on any atom is 0.0133 e. The summed E-state index contributed by atoms with van der Waals surface area (Å²) in [5.41, 5.74) is 4.28. The summed E-state index contributed by atoms with van der Waals surface area (Å²) in [6.07, 6.45) is 6.11. The molecule has 0 N–H and O–H groups in total. The predicted molar refractivity (Wildman–Crippen MR) is 70.5 cm³/mol. The minimum Gasteiger partial charge on any atom is -0.306 e. The molecule has 86 valence electrons. The number of hydrogen-bond acceptors (Lipinski definition) is 1. The Morgan fingerprint density at radius 3 is 2.75 bits per heavy atom. The molecule has 1 aromatic rings. The number of benzene rings is 1. The zero-order chi connectivity index (χ0) is 11.5. The van der Waals surface area contributed by atoms with Gasteiger partial charge in [-0.25, -0.2) is 0 Å². The predicted octanol–water partition coefficient (Wildman–Crippen LogP) is 3.49. The van der Waals surface area contributed by atoms with Gasteiger partial charge in [-0.15, -0.1) is 0 Å². The van der Waals surface area contributed by atoms with E-state index in [2.05, 4.69) is 56.3 Å². The second kappa shape index (κ2) is 4.84. The van der Waals surface area contributed by atoms with E-state index in [0.29, 0.717) is 6.04 Å². The van der Waals surface area contributed by atoms with Gasteiger partial charge in [0, 0.05) is 6.04 Å². The van der Waals surface area contributed by atoms with E-state index in [9.17, 15) is 0 Å². The number of allylic oxidation sites excluding steroid dienone is 1. The Morgan fingerprint density at radius 1 is 1.25 bits per heavy atom. The van der Waals surface area contributed by atoms with Crippen LogP contribution in [0.25, 0.3) is 5.57 Å². The van der Waals surface area contributed by atoms with Gasteiger partial charge in [-0.2, -0.15) is 0 Å². The van der Waals surface area contributed by atoms with E-state index < -0.39 is 0 Å². The van der Waals surface area contributed by atoms with E-state index in [-0.39, 0.29) is 0 Å². The highest BCUT2D eigenvalue weighted by Crippen LogP contribution is 2.29. The number of hydrogen-bond donors (Lipinski definition) is 0. The Hall–Kier alpha value is -1.08. The van der Waals surface area contributed by atoms with Crippen LogP contribution in [0.15, 0.2) is 30.3 Å². The molecule has 1 aliphatic rings. The first-order valence-corrected chi connectivity index (χ1v) is 6.09. The van der Waals surface area contributed by atoms with Crippen molar-refractivity contribution >= 4 is 5.57 Å². The lowest BCUT2D eigenvalue weighted by molar-refractivity contribution is 0.279. The summed E-state index contributed by atoms with van der Waals surface area (Å²) in [6.45, 7) is 2.16. The summed E-state index contributed by atoms with van der Waals surface area (Å²) in [5, 5.41) is 0. The van der Waals surface area contributed by atoms with Gasteiger partial charge in [0.15, 0.2) is 0 Å². The highest BCUT2D eigenvalue weighted by Gasteiger charge is 2.17. The second-order valence-electron chi connectivity index (χ2n) is 5.00. The van der Waals surface area contributed by atoms with Crippen molar-refractivity contribution in [3.05, 3.63) is 41.5 Å². The molecule has 0 amide bonds.